The van der Waals surface area contributed by atoms with Crippen LogP contribution in [0.2, 0.25) is 0 Å². The van der Waals surface area contributed by atoms with Gasteiger partial charge in [-0.05, 0) is 5.21 Å². The minimum atomic E-state index is -8.77. The molecule has 0 fully saturated rings. The Morgan fingerprint density at radius 2 is 0.970 bits per heavy atom. The molecule has 1 amide bonds. The predicted molar refractivity (Wildman–Crippen MR) is 63.5 cm³/mol. The highest BCUT2D eigenvalue weighted by Crippen LogP contribution is 2.63. The highest BCUT2D eigenvalue weighted by atomic mass is 19.4. The van der Waals surface area contributed by atoms with Gasteiger partial charge in [-0.1, -0.05) is 5.10 Å². The summed E-state index contributed by atoms with van der Waals surface area (Å²) in [6.45, 7) is 0. The summed E-state index contributed by atoms with van der Waals surface area (Å²) in [5, 5.41) is 9.47. The number of carbonyl (C=O) groups is 1. The third-order valence-electron chi connectivity index (χ3n) is 3.58. The molecule has 1 rings (SSSR count). The molecule has 0 saturated carbocycles. The number of amides is 1. The van der Waals surface area contributed by atoms with E-state index in [-0.39, 0.29) is 0 Å². The first-order chi connectivity index (χ1) is 14.2. The second-order valence-electron chi connectivity index (χ2n) is 5.71. The van der Waals surface area contributed by atoms with Gasteiger partial charge in [0.05, 0.1) is 0 Å². The molecule has 0 aromatic carbocycles. The van der Waals surface area contributed by atoms with Crippen LogP contribution in [0, 0.1) is 0 Å². The molecule has 1 heterocycles. The number of tetrazole rings is 1. The van der Waals surface area contributed by atoms with Crippen LogP contribution in [0.4, 0.5) is 80.6 Å². The lowest BCUT2D eigenvalue weighted by atomic mass is 9.89. The van der Waals surface area contributed by atoms with Crippen LogP contribution in [-0.4, -0.2) is 74.2 Å². The number of hydrogen-bond donors (Lipinski definition) is 2. The first kappa shape index (κ1) is 28.4. The number of alkyl halides is 17. The average molecular weight is 531 g/mol. The monoisotopic (exact) mass is 531 g/mol. The Kier molecular flexibility index (Phi) is 6.39. The molecule has 0 bridgehead atoms. The van der Waals surface area contributed by atoms with Crippen LogP contribution in [0.15, 0.2) is 0 Å². The standard InChI is InChI=1S/C10H2F17N5O/c11-3(12,1(33)28-2-29-31-32-30-2)4(13,14)5(15,16)6(17,18)7(19,20)8(21,22)9(23,24)10(25,26)27/h(H2,28,29,30,31,32,33). The van der Waals surface area contributed by atoms with Gasteiger partial charge in [-0.2, -0.15) is 79.9 Å². The molecule has 1 aromatic rings. The Morgan fingerprint density at radius 3 is 1.30 bits per heavy atom. The van der Waals surface area contributed by atoms with Crippen molar-refractivity contribution >= 4 is 11.9 Å². The van der Waals surface area contributed by atoms with Crippen molar-refractivity contribution in [2.75, 3.05) is 5.32 Å². The van der Waals surface area contributed by atoms with E-state index >= 15 is 0 Å². The number of nitrogens with one attached hydrogen (secondary N) is 2. The van der Waals surface area contributed by atoms with Crippen LogP contribution in [0.3, 0.4) is 0 Å². The first-order valence-corrected chi connectivity index (χ1v) is 7.01. The molecule has 23 heteroatoms. The van der Waals surface area contributed by atoms with Crippen LogP contribution >= 0.6 is 0 Å². The van der Waals surface area contributed by atoms with E-state index in [2.05, 4.69) is 15.4 Å². The van der Waals surface area contributed by atoms with E-state index < -0.39 is 59.5 Å². The average Bonchev–Trinajstić information content (AvgIpc) is 3.12. The van der Waals surface area contributed by atoms with E-state index in [1.165, 1.54) is 5.21 Å². The molecule has 0 aliphatic rings. The summed E-state index contributed by atoms with van der Waals surface area (Å²) in [5.74, 6) is -63.7. The Morgan fingerprint density at radius 1 is 0.606 bits per heavy atom. The smallest absolute Gasteiger partial charge is 0.286 e. The third kappa shape index (κ3) is 3.67. The second-order valence-corrected chi connectivity index (χ2v) is 5.71. The quantitative estimate of drug-likeness (QED) is 0.495. The molecule has 6 nitrogen and oxygen atoms in total. The molecule has 0 radical (unpaired) electrons. The van der Waals surface area contributed by atoms with Gasteiger partial charge in [-0.25, -0.2) is 0 Å². The maximum atomic E-state index is 13.5. The van der Waals surface area contributed by atoms with Gasteiger partial charge in [-0.15, -0.1) is 5.10 Å². The number of anilines is 1. The van der Waals surface area contributed by atoms with E-state index in [9.17, 15) is 79.4 Å². The normalized spacial score (nSPS) is 15.5. The molecule has 0 aliphatic carbocycles. The first-order valence-electron chi connectivity index (χ1n) is 7.01. The zero-order valence-corrected chi connectivity index (χ0v) is 14.2. The summed E-state index contributed by atoms with van der Waals surface area (Å²) < 4.78 is 221. The van der Waals surface area contributed by atoms with Crippen LogP contribution in [0.25, 0.3) is 0 Å². The number of aromatic amines is 1. The molecule has 0 saturated heterocycles. The van der Waals surface area contributed by atoms with E-state index in [0.717, 1.165) is 0 Å². The predicted octanol–water partition coefficient (Wildman–Crippen LogP) is 4.15. The van der Waals surface area contributed by atoms with Crippen molar-refractivity contribution in [2.24, 2.45) is 0 Å². The number of halogens is 17. The van der Waals surface area contributed by atoms with Crippen LogP contribution in [0.1, 0.15) is 0 Å². The minimum Gasteiger partial charge on any atom is -0.286 e. The maximum absolute atomic E-state index is 13.5. The molecule has 0 spiro atoms. The number of H-pyrrole nitrogens is 1. The molecule has 0 unspecified atom stereocenters. The van der Waals surface area contributed by atoms with Crippen molar-refractivity contribution < 1.29 is 79.4 Å². The van der Waals surface area contributed by atoms with Gasteiger partial charge in [-0.3, -0.25) is 10.1 Å². The summed E-state index contributed by atoms with van der Waals surface area (Å²) in [4.78, 5) is 11.0. The fraction of sp³-hybridized carbons (Fsp3) is 0.800. The van der Waals surface area contributed by atoms with Crippen LogP contribution < -0.4 is 5.32 Å². The molecule has 0 atom stereocenters. The molecular formula is C10H2F17N5O. The van der Waals surface area contributed by atoms with Gasteiger partial charge in [0.25, 0.3) is 5.95 Å². The highest BCUT2D eigenvalue weighted by molar-refractivity contribution is 5.95. The second kappa shape index (κ2) is 7.43. The van der Waals surface area contributed by atoms with Crippen LogP contribution in [0.5, 0.6) is 0 Å². The van der Waals surface area contributed by atoms with Gasteiger partial charge < -0.3 is 0 Å². The number of aromatic nitrogens is 4. The third-order valence-corrected chi connectivity index (χ3v) is 3.58. The van der Waals surface area contributed by atoms with E-state index in [1.54, 1.807) is 0 Å². The van der Waals surface area contributed by atoms with Gasteiger partial charge in [0.15, 0.2) is 0 Å². The van der Waals surface area contributed by atoms with Crippen molar-refractivity contribution in [3.05, 3.63) is 0 Å². The summed E-state index contributed by atoms with van der Waals surface area (Å²) in [7, 11) is 0. The summed E-state index contributed by atoms with van der Waals surface area (Å²) in [6, 6.07) is 0. The van der Waals surface area contributed by atoms with Gasteiger partial charge in [0.2, 0.25) is 0 Å². The Labute approximate surface area is 166 Å². The maximum Gasteiger partial charge on any atom is 0.460 e. The topological polar surface area (TPSA) is 83.6 Å². The number of carbonyl (C=O) groups excluding carboxylic acids is 1. The largest absolute Gasteiger partial charge is 0.460 e. The number of hydrogen-bond acceptors (Lipinski definition) is 4. The molecule has 192 valence electrons. The van der Waals surface area contributed by atoms with Crippen LogP contribution in [-0.2, 0) is 4.79 Å². The minimum absolute atomic E-state index is 0.437. The van der Waals surface area contributed by atoms with Gasteiger partial charge >= 0.3 is 53.5 Å². The lowest BCUT2D eigenvalue weighted by molar-refractivity contribution is -0.459. The fourth-order valence-corrected chi connectivity index (χ4v) is 1.70. The van der Waals surface area contributed by atoms with Crippen molar-refractivity contribution in [3.63, 3.8) is 0 Å². The highest BCUT2D eigenvalue weighted by Gasteiger charge is 2.95. The molecule has 0 aliphatic heterocycles. The summed E-state index contributed by atoms with van der Waals surface area (Å²) in [6.07, 6.45) is -7.85. The Bertz CT molecular complexity index is 860. The fourth-order valence-electron chi connectivity index (χ4n) is 1.70. The Balaban J connectivity index is 3.57. The van der Waals surface area contributed by atoms with E-state index in [1.807, 2.05) is 0 Å². The van der Waals surface area contributed by atoms with Crippen molar-refractivity contribution in [2.45, 2.75) is 47.6 Å². The van der Waals surface area contributed by atoms with Crippen molar-refractivity contribution in [1.82, 2.24) is 20.6 Å². The lowest BCUT2D eigenvalue weighted by Crippen LogP contribution is -2.75. The number of nitrogens with zero attached hydrogens (tertiary/aromatic N) is 3. The zero-order valence-electron chi connectivity index (χ0n) is 14.2. The van der Waals surface area contributed by atoms with Gasteiger partial charge in [0.1, 0.15) is 0 Å². The van der Waals surface area contributed by atoms with Crippen molar-refractivity contribution in [3.8, 4) is 0 Å². The van der Waals surface area contributed by atoms with E-state index in [4.69, 9.17) is 0 Å². The SMILES string of the molecule is O=C(Nc1nn[nH]n1)C(F)(F)C(F)(F)C(F)(F)C(F)(F)C(F)(F)C(F)(F)C(F)(F)C(F)(F)F. The van der Waals surface area contributed by atoms with Crippen molar-refractivity contribution in [1.29, 1.82) is 0 Å². The lowest BCUT2D eigenvalue weighted by Gasteiger charge is -2.42. The molecule has 2 N–H and O–H groups in total. The zero-order chi connectivity index (χ0) is 26.7. The molecule has 1 aromatic heterocycles. The number of rotatable bonds is 8. The van der Waals surface area contributed by atoms with Gasteiger partial charge in [0, 0.05) is 0 Å². The molecule has 33 heavy (non-hydrogen) atoms. The molecular weight excluding hydrogens is 529 g/mol. The summed E-state index contributed by atoms with van der Waals surface area (Å²) in [5.41, 5.74) is 0. The van der Waals surface area contributed by atoms with E-state index in [0.29, 0.717) is 5.32 Å². The Hall–Kier alpha value is -2.65. The summed E-state index contributed by atoms with van der Waals surface area (Å²) >= 11 is 0.